The lowest BCUT2D eigenvalue weighted by Gasteiger charge is -2.08. The zero-order valence-electron chi connectivity index (χ0n) is 10.6. The van der Waals surface area contributed by atoms with Crippen LogP contribution in [0.1, 0.15) is 5.69 Å². The molecule has 0 aliphatic heterocycles. The molecule has 112 valence electrons. The summed E-state index contributed by atoms with van der Waals surface area (Å²) in [7, 11) is 0. The molecule has 0 bridgehead atoms. The van der Waals surface area contributed by atoms with E-state index in [0.717, 1.165) is 24.0 Å². The average Bonchev–Trinajstić information content (AvgIpc) is 2.45. The summed E-state index contributed by atoms with van der Waals surface area (Å²) in [4.78, 5) is 7.14. The van der Waals surface area contributed by atoms with Gasteiger partial charge in [0.1, 0.15) is 5.69 Å². The first-order chi connectivity index (χ1) is 9.97. The molecule has 0 spiro atoms. The molecule has 1 heterocycles. The number of hydrogen-bond acceptors (Lipinski definition) is 4. The molecule has 0 atom stereocenters. The number of ether oxygens (including phenoxy) is 1. The van der Waals surface area contributed by atoms with Gasteiger partial charge in [-0.3, -0.25) is 0 Å². The fourth-order valence-corrected chi connectivity index (χ4v) is 2.06. The van der Waals surface area contributed by atoms with E-state index in [4.69, 9.17) is 4.74 Å². The van der Waals surface area contributed by atoms with Gasteiger partial charge < -0.3 is 4.74 Å². The molecule has 0 aliphatic rings. The molecule has 0 amide bonds. The van der Waals surface area contributed by atoms with Crippen molar-refractivity contribution in [2.24, 2.45) is 0 Å². The van der Waals surface area contributed by atoms with Crippen LogP contribution in [0.5, 0.6) is 5.75 Å². The molecular formula is C13H10F4N2OS. The molecule has 1 aromatic heterocycles. The van der Waals surface area contributed by atoms with Gasteiger partial charge in [0.2, 0.25) is 0 Å². The number of thioether (sulfide) groups is 1. The molecular weight excluding hydrogens is 308 g/mol. The second kappa shape index (κ2) is 6.75. The Labute approximate surface area is 122 Å². The molecule has 2 aromatic rings. The summed E-state index contributed by atoms with van der Waals surface area (Å²) in [5.74, 6) is -0.0868. The lowest BCUT2D eigenvalue weighted by Crippen LogP contribution is -2.09. The molecule has 3 nitrogen and oxygen atoms in total. The third-order valence-electron chi connectivity index (χ3n) is 2.33. The second-order valence-corrected chi connectivity index (χ2v) is 4.91. The van der Waals surface area contributed by atoms with E-state index in [-0.39, 0.29) is 17.5 Å². The predicted molar refractivity (Wildman–Crippen MR) is 69.7 cm³/mol. The van der Waals surface area contributed by atoms with Crippen molar-refractivity contribution in [3.8, 4) is 5.75 Å². The molecule has 21 heavy (non-hydrogen) atoms. The summed E-state index contributed by atoms with van der Waals surface area (Å²) in [5.41, 5.74) is -0.991. The smallest absolute Gasteiger partial charge is 0.433 e. The second-order valence-electron chi connectivity index (χ2n) is 3.85. The van der Waals surface area contributed by atoms with Gasteiger partial charge in [0.05, 0.1) is 6.61 Å². The standard InChI is InChI=1S/C13H10F4N2OS/c14-9-3-1-2-4-10(9)20-7-8-21-12-18-6-5-11(19-12)13(15,16)17/h1-6H,7-8H2. The van der Waals surface area contributed by atoms with Crippen LogP contribution >= 0.6 is 11.8 Å². The minimum absolute atomic E-state index is 0.00181. The third kappa shape index (κ3) is 4.59. The minimum Gasteiger partial charge on any atom is -0.490 e. The highest BCUT2D eigenvalue weighted by Gasteiger charge is 2.32. The van der Waals surface area contributed by atoms with Crippen molar-refractivity contribution in [3.05, 3.63) is 48.0 Å². The number of rotatable bonds is 5. The molecule has 0 saturated carbocycles. The summed E-state index contributed by atoms with van der Waals surface area (Å²) in [6.07, 6.45) is -3.45. The first kappa shape index (κ1) is 15.6. The minimum atomic E-state index is -4.50. The van der Waals surface area contributed by atoms with E-state index >= 15 is 0 Å². The molecule has 1 aromatic carbocycles. The topological polar surface area (TPSA) is 35.0 Å². The van der Waals surface area contributed by atoms with E-state index in [1.54, 1.807) is 6.07 Å². The summed E-state index contributed by atoms with van der Waals surface area (Å²) in [6, 6.07) is 6.70. The third-order valence-corrected chi connectivity index (χ3v) is 3.16. The number of hydrogen-bond donors (Lipinski definition) is 0. The number of aromatic nitrogens is 2. The Morgan fingerprint density at radius 3 is 2.62 bits per heavy atom. The normalized spacial score (nSPS) is 11.4. The number of nitrogens with zero attached hydrogens (tertiary/aromatic N) is 2. The Balaban J connectivity index is 1.85. The zero-order valence-corrected chi connectivity index (χ0v) is 11.4. The van der Waals surface area contributed by atoms with Gasteiger partial charge in [0.15, 0.2) is 16.7 Å². The number of alkyl halides is 3. The van der Waals surface area contributed by atoms with Gasteiger partial charge in [-0.05, 0) is 18.2 Å². The Morgan fingerprint density at radius 2 is 1.90 bits per heavy atom. The Kier molecular flexibility index (Phi) is 5.00. The van der Waals surface area contributed by atoms with E-state index in [1.165, 1.54) is 18.2 Å². The molecule has 8 heteroatoms. The molecule has 0 N–H and O–H groups in total. The highest BCUT2D eigenvalue weighted by Crippen LogP contribution is 2.28. The van der Waals surface area contributed by atoms with Crippen molar-refractivity contribution in [3.63, 3.8) is 0 Å². The zero-order chi connectivity index (χ0) is 15.3. The molecule has 0 unspecified atom stereocenters. The van der Waals surface area contributed by atoms with Crippen molar-refractivity contribution in [2.45, 2.75) is 11.3 Å². The summed E-state index contributed by atoms with van der Waals surface area (Å²) >= 11 is 1.01. The van der Waals surface area contributed by atoms with E-state index in [1.807, 2.05) is 0 Å². The van der Waals surface area contributed by atoms with Gasteiger partial charge >= 0.3 is 6.18 Å². The number of benzene rings is 1. The first-order valence-corrected chi connectivity index (χ1v) is 6.86. The maximum Gasteiger partial charge on any atom is 0.433 e. The van der Waals surface area contributed by atoms with Crippen LogP contribution in [0.3, 0.4) is 0 Å². The first-order valence-electron chi connectivity index (χ1n) is 5.87. The van der Waals surface area contributed by atoms with Crippen molar-refractivity contribution in [1.82, 2.24) is 9.97 Å². The van der Waals surface area contributed by atoms with Crippen LogP contribution in [0, 0.1) is 5.82 Å². The SMILES string of the molecule is Fc1ccccc1OCCSc1nccc(C(F)(F)F)n1. The largest absolute Gasteiger partial charge is 0.490 e. The summed E-state index contributed by atoms with van der Waals surface area (Å²) in [5, 5.41) is 0.00181. The maximum absolute atomic E-state index is 13.2. The van der Waals surface area contributed by atoms with Crippen molar-refractivity contribution in [2.75, 3.05) is 12.4 Å². The van der Waals surface area contributed by atoms with Gasteiger partial charge in [0.25, 0.3) is 0 Å². The number of halogens is 4. The lowest BCUT2D eigenvalue weighted by atomic mass is 10.3. The molecule has 0 saturated heterocycles. The van der Waals surface area contributed by atoms with Gasteiger partial charge in [0, 0.05) is 11.9 Å². The summed E-state index contributed by atoms with van der Waals surface area (Å²) in [6.45, 7) is 0.130. The van der Waals surface area contributed by atoms with E-state index in [0.29, 0.717) is 5.75 Å². The molecule has 0 aliphatic carbocycles. The maximum atomic E-state index is 13.2. The Morgan fingerprint density at radius 1 is 1.14 bits per heavy atom. The predicted octanol–water partition coefficient (Wildman–Crippen LogP) is 3.81. The van der Waals surface area contributed by atoms with Crippen LogP contribution in [-0.4, -0.2) is 22.3 Å². The highest BCUT2D eigenvalue weighted by atomic mass is 32.2. The van der Waals surface area contributed by atoms with Gasteiger partial charge in [-0.2, -0.15) is 13.2 Å². The van der Waals surface area contributed by atoms with Crippen molar-refractivity contribution < 1.29 is 22.3 Å². The summed E-state index contributed by atoms with van der Waals surface area (Å²) < 4.78 is 55.8. The van der Waals surface area contributed by atoms with Gasteiger partial charge in [-0.15, -0.1) is 0 Å². The molecule has 0 fully saturated rings. The Bertz CT molecular complexity index is 607. The van der Waals surface area contributed by atoms with E-state index < -0.39 is 17.7 Å². The number of para-hydroxylation sites is 1. The lowest BCUT2D eigenvalue weighted by molar-refractivity contribution is -0.141. The molecule has 2 rings (SSSR count). The van der Waals surface area contributed by atoms with Crippen LogP contribution in [0.2, 0.25) is 0 Å². The van der Waals surface area contributed by atoms with Crippen molar-refractivity contribution >= 4 is 11.8 Å². The van der Waals surface area contributed by atoms with Gasteiger partial charge in [-0.25, -0.2) is 14.4 Å². The molecule has 0 radical (unpaired) electrons. The van der Waals surface area contributed by atoms with Gasteiger partial charge in [-0.1, -0.05) is 23.9 Å². The fourth-order valence-electron chi connectivity index (χ4n) is 1.41. The van der Waals surface area contributed by atoms with Crippen LogP contribution in [0.25, 0.3) is 0 Å². The van der Waals surface area contributed by atoms with E-state index in [2.05, 4.69) is 9.97 Å². The quantitative estimate of drug-likeness (QED) is 0.363. The van der Waals surface area contributed by atoms with Crippen LogP contribution < -0.4 is 4.74 Å². The Hall–Kier alpha value is -1.83. The monoisotopic (exact) mass is 318 g/mol. The van der Waals surface area contributed by atoms with Crippen LogP contribution in [-0.2, 0) is 6.18 Å². The fraction of sp³-hybridized carbons (Fsp3) is 0.231. The average molecular weight is 318 g/mol. The van der Waals surface area contributed by atoms with Crippen LogP contribution in [0.4, 0.5) is 17.6 Å². The highest BCUT2D eigenvalue weighted by molar-refractivity contribution is 7.99. The van der Waals surface area contributed by atoms with E-state index in [9.17, 15) is 17.6 Å². The van der Waals surface area contributed by atoms with Crippen molar-refractivity contribution in [1.29, 1.82) is 0 Å². The van der Waals surface area contributed by atoms with Crippen LogP contribution in [0.15, 0.2) is 41.7 Å².